The van der Waals surface area contributed by atoms with Crippen LogP contribution in [0.4, 0.5) is 4.79 Å². The number of carbonyl (C=O) groups excluding carboxylic acids is 3. The van der Waals surface area contributed by atoms with Crippen molar-refractivity contribution in [2.24, 2.45) is 11.8 Å². The molecule has 1 saturated heterocycles. The van der Waals surface area contributed by atoms with Crippen molar-refractivity contribution in [3.8, 4) is 0 Å². The smallest absolute Gasteiger partial charge is 0.407 e. The Balaban J connectivity index is 1.58. The summed E-state index contributed by atoms with van der Waals surface area (Å²) in [4.78, 5) is 39.0. The van der Waals surface area contributed by atoms with Crippen LogP contribution >= 0.6 is 0 Å². The van der Waals surface area contributed by atoms with E-state index in [1.54, 1.807) is 0 Å². The van der Waals surface area contributed by atoms with Crippen LogP contribution in [0.1, 0.15) is 17.5 Å². The molecule has 2 aromatic rings. The number of alkyl carbamates (subject to hydrolysis) is 1. The Kier molecular flexibility index (Phi) is 5.16. The summed E-state index contributed by atoms with van der Waals surface area (Å²) in [6, 6.07) is 18.3. The van der Waals surface area contributed by atoms with E-state index >= 15 is 0 Å². The lowest BCUT2D eigenvalue weighted by atomic mass is 9.75. The highest BCUT2D eigenvalue weighted by molar-refractivity contribution is 6.07. The number of imide groups is 1. The lowest BCUT2D eigenvalue weighted by Crippen LogP contribution is -2.47. The lowest BCUT2D eigenvalue weighted by molar-refractivity contribution is -0.138. The molecular weight excluding hydrogens is 368 g/mol. The molecule has 148 valence electrons. The molecule has 0 saturated carbocycles. The van der Waals surface area contributed by atoms with Gasteiger partial charge in [0.2, 0.25) is 11.8 Å². The van der Waals surface area contributed by atoms with Crippen molar-refractivity contribution >= 4 is 23.5 Å². The number of carbonyl (C=O) groups is 3. The van der Waals surface area contributed by atoms with Gasteiger partial charge < -0.3 is 10.1 Å². The van der Waals surface area contributed by atoms with Crippen molar-refractivity contribution in [3.05, 3.63) is 77.9 Å². The van der Waals surface area contributed by atoms with Gasteiger partial charge >= 0.3 is 6.09 Å². The van der Waals surface area contributed by atoms with E-state index in [1.165, 1.54) is 11.9 Å². The van der Waals surface area contributed by atoms with Crippen molar-refractivity contribution in [2.75, 3.05) is 7.05 Å². The Morgan fingerprint density at radius 1 is 1.03 bits per heavy atom. The van der Waals surface area contributed by atoms with Crippen LogP contribution < -0.4 is 5.32 Å². The standard InChI is InChI=1S/C23H22N2O4/c1-25-21(26)18-13-12-17(16-10-6-3-7-11-16)20(19(18)22(25)27)24-23(28)29-14-15-8-4-2-5-9-15/h2-12,18-20H,13-14H2,1H3,(H,24,28)/t18-,19-,20+/m0/s1. The third-order valence-electron chi connectivity index (χ3n) is 5.58. The number of amides is 3. The fourth-order valence-corrected chi connectivity index (χ4v) is 4.09. The summed E-state index contributed by atoms with van der Waals surface area (Å²) >= 11 is 0. The molecule has 0 spiro atoms. The largest absolute Gasteiger partial charge is 0.445 e. The molecule has 4 rings (SSSR count). The number of hydrogen-bond donors (Lipinski definition) is 1. The zero-order valence-electron chi connectivity index (χ0n) is 16.1. The number of hydrogen-bond acceptors (Lipinski definition) is 4. The van der Waals surface area contributed by atoms with E-state index in [2.05, 4.69) is 5.32 Å². The average molecular weight is 390 g/mol. The molecule has 1 aliphatic carbocycles. The summed E-state index contributed by atoms with van der Waals surface area (Å²) in [5, 5.41) is 2.85. The minimum Gasteiger partial charge on any atom is -0.445 e. The van der Waals surface area contributed by atoms with Gasteiger partial charge in [0.1, 0.15) is 6.61 Å². The Morgan fingerprint density at radius 3 is 2.38 bits per heavy atom. The van der Waals surface area contributed by atoms with Crippen LogP contribution in [0, 0.1) is 11.8 Å². The Hall–Kier alpha value is -3.41. The van der Waals surface area contributed by atoms with Gasteiger partial charge in [-0.2, -0.15) is 0 Å². The van der Waals surface area contributed by atoms with E-state index < -0.39 is 24.0 Å². The first kappa shape index (κ1) is 18.9. The van der Waals surface area contributed by atoms with Crippen molar-refractivity contribution < 1.29 is 19.1 Å². The molecule has 0 unspecified atom stereocenters. The van der Waals surface area contributed by atoms with Gasteiger partial charge in [0.05, 0.1) is 17.9 Å². The van der Waals surface area contributed by atoms with Gasteiger partial charge in [0, 0.05) is 7.05 Å². The Bertz CT molecular complexity index is 955. The molecule has 0 aromatic heterocycles. The topological polar surface area (TPSA) is 75.7 Å². The van der Waals surface area contributed by atoms with Crippen LogP contribution in [-0.4, -0.2) is 35.9 Å². The predicted molar refractivity (Wildman–Crippen MR) is 107 cm³/mol. The quantitative estimate of drug-likeness (QED) is 0.815. The van der Waals surface area contributed by atoms with Crippen molar-refractivity contribution in [3.63, 3.8) is 0 Å². The van der Waals surface area contributed by atoms with E-state index in [0.29, 0.717) is 6.42 Å². The van der Waals surface area contributed by atoms with Crippen LogP contribution in [0.15, 0.2) is 66.7 Å². The molecule has 29 heavy (non-hydrogen) atoms. The van der Waals surface area contributed by atoms with Crippen molar-refractivity contribution in [2.45, 2.75) is 19.1 Å². The van der Waals surface area contributed by atoms with Crippen LogP contribution in [-0.2, 0) is 20.9 Å². The Labute approximate surface area is 169 Å². The fourth-order valence-electron chi connectivity index (χ4n) is 4.09. The van der Waals surface area contributed by atoms with E-state index in [4.69, 9.17) is 4.74 Å². The van der Waals surface area contributed by atoms with Crippen LogP contribution in [0.3, 0.4) is 0 Å². The van der Waals surface area contributed by atoms with E-state index in [-0.39, 0.29) is 18.4 Å². The third-order valence-corrected chi connectivity index (χ3v) is 5.58. The SMILES string of the molecule is CN1C(=O)[C@H]2[C@H](CC=C(c3ccccc3)[C@H]2NC(=O)OCc2ccccc2)C1=O. The normalized spacial score (nSPS) is 23.4. The Morgan fingerprint density at radius 2 is 1.69 bits per heavy atom. The molecule has 1 heterocycles. The third kappa shape index (κ3) is 3.66. The monoisotopic (exact) mass is 390 g/mol. The number of nitrogens with zero attached hydrogens (tertiary/aromatic N) is 1. The highest BCUT2D eigenvalue weighted by Crippen LogP contribution is 2.40. The molecule has 1 aliphatic heterocycles. The maximum Gasteiger partial charge on any atom is 0.407 e. The number of nitrogens with one attached hydrogen (secondary N) is 1. The van der Waals surface area contributed by atoms with Crippen molar-refractivity contribution in [1.82, 2.24) is 10.2 Å². The van der Waals surface area contributed by atoms with E-state index in [9.17, 15) is 14.4 Å². The summed E-state index contributed by atoms with van der Waals surface area (Å²) in [5.41, 5.74) is 2.61. The van der Waals surface area contributed by atoms with Gasteiger partial charge in [-0.25, -0.2) is 4.79 Å². The molecule has 6 nitrogen and oxygen atoms in total. The van der Waals surface area contributed by atoms with Gasteiger partial charge in [0.15, 0.2) is 0 Å². The average Bonchev–Trinajstić information content (AvgIpc) is 2.98. The molecule has 2 aliphatic rings. The summed E-state index contributed by atoms with van der Waals surface area (Å²) in [7, 11) is 1.50. The molecule has 3 atom stereocenters. The van der Waals surface area contributed by atoms with Crippen LogP contribution in [0.25, 0.3) is 5.57 Å². The second kappa shape index (κ2) is 7.91. The molecule has 3 amide bonds. The fraction of sp³-hybridized carbons (Fsp3) is 0.261. The first-order valence-corrected chi connectivity index (χ1v) is 9.60. The number of rotatable bonds is 4. The summed E-state index contributed by atoms with van der Waals surface area (Å²) in [5.74, 6) is -1.56. The molecule has 1 fully saturated rings. The minimum absolute atomic E-state index is 0.130. The predicted octanol–water partition coefficient (Wildman–Crippen LogP) is 3.00. The molecule has 0 radical (unpaired) electrons. The van der Waals surface area contributed by atoms with E-state index in [0.717, 1.165) is 16.7 Å². The number of benzene rings is 2. The summed E-state index contributed by atoms with van der Waals surface area (Å²) < 4.78 is 5.37. The van der Waals surface area contributed by atoms with Gasteiger partial charge in [-0.15, -0.1) is 0 Å². The minimum atomic E-state index is -0.628. The van der Waals surface area contributed by atoms with Gasteiger partial charge in [-0.05, 0) is 23.1 Å². The maximum atomic E-state index is 12.8. The van der Waals surface area contributed by atoms with Crippen LogP contribution in [0.2, 0.25) is 0 Å². The molecular formula is C23H22N2O4. The maximum absolute atomic E-state index is 12.8. The van der Waals surface area contributed by atoms with Gasteiger partial charge in [0.25, 0.3) is 0 Å². The second-order valence-electron chi connectivity index (χ2n) is 7.31. The summed E-state index contributed by atoms with van der Waals surface area (Å²) in [6.07, 6.45) is 1.81. The number of ether oxygens (including phenoxy) is 1. The molecule has 6 heteroatoms. The molecule has 0 bridgehead atoms. The zero-order valence-corrected chi connectivity index (χ0v) is 16.1. The zero-order chi connectivity index (χ0) is 20.4. The first-order chi connectivity index (χ1) is 14.1. The highest BCUT2D eigenvalue weighted by atomic mass is 16.5. The van der Waals surface area contributed by atoms with Crippen molar-refractivity contribution in [1.29, 1.82) is 0 Å². The van der Waals surface area contributed by atoms with Gasteiger partial charge in [-0.3, -0.25) is 14.5 Å². The first-order valence-electron chi connectivity index (χ1n) is 9.60. The highest BCUT2D eigenvalue weighted by Gasteiger charge is 2.52. The number of allylic oxidation sites excluding steroid dienone is 1. The second-order valence-corrected chi connectivity index (χ2v) is 7.31. The number of fused-ring (bicyclic) bond motifs is 1. The van der Waals surface area contributed by atoms with Crippen LogP contribution in [0.5, 0.6) is 0 Å². The van der Waals surface area contributed by atoms with Gasteiger partial charge in [-0.1, -0.05) is 66.7 Å². The lowest BCUT2D eigenvalue weighted by Gasteiger charge is -2.32. The molecule has 1 N–H and O–H groups in total. The number of likely N-dealkylation sites (tertiary alicyclic amines) is 1. The molecule has 2 aromatic carbocycles. The summed E-state index contributed by atoms with van der Waals surface area (Å²) in [6.45, 7) is 0.130. The van der Waals surface area contributed by atoms with E-state index in [1.807, 2.05) is 66.7 Å².